The molecule has 1 aromatic heterocycles. The van der Waals surface area contributed by atoms with E-state index in [1.807, 2.05) is 11.8 Å². The highest BCUT2D eigenvalue weighted by Gasteiger charge is 2.24. The van der Waals surface area contributed by atoms with Crippen LogP contribution in [0.5, 0.6) is 0 Å². The Morgan fingerprint density at radius 3 is 2.75 bits per heavy atom. The number of rotatable bonds is 2. The molecule has 2 heterocycles. The molecule has 0 bridgehead atoms. The van der Waals surface area contributed by atoms with Gasteiger partial charge in [-0.2, -0.15) is 4.57 Å². The van der Waals surface area contributed by atoms with Crippen molar-refractivity contribution < 1.29 is 4.57 Å². The third-order valence-corrected chi connectivity index (χ3v) is 5.70. The molecule has 2 nitrogen and oxygen atoms in total. The summed E-state index contributed by atoms with van der Waals surface area (Å²) in [6.45, 7) is 5.33. The molecule has 0 saturated carbocycles. The fraction of sp³-hybridized carbons (Fsp3) is 0.190. The lowest BCUT2D eigenvalue weighted by molar-refractivity contribution is -0.646. The van der Waals surface area contributed by atoms with Gasteiger partial charge in [-0.05, 0) is 38.1 Å². The van der Waals surface area contributed by atoms with E-state index in [0.29, 0.717) is 0 Å². The number of pyridine rings is 1. The van der Waals surface area contributed by atoms with E-state index in [1.54, 1.807) is 0 Å². The van der Waals surface area contributed by atoms with Crippen LogP contribution in [0.4, 0.5) is 5.69 Å². The minimum atomic E-state index is 0.979. The van der Waals surface area contributed by atoms with Crippen molar-refractivity contribution in [2.45, 2.75) is 18.7 Å². The first-order valence-electron chi connectivity index (χ1n) is 8.33. The predicted molar refractivity (Wildman–Crippen MR) is 103 cm³/mol. The SMILES string of the molecule is CCN1C(=Cc2ccc3cc(C)ccc3[n+]2C)Sc2ccccc21. The molecule has 0 aliphatic carbocycles. The number of thioether (sulfide) groups is 1. The van der Waals surface area contributed by atoms with Crippen LogP contribution in [0.3, 0.4) is 0 Å². The zero-order valence-corrected chi connectivity index (χ0v) is 15.1. The van der Waals surface area contributed by atoms with E-state index in [4.69, 9.17) is 0 Å². The van der Waals surface area contributed by atoms with Crippen LogP contribution >= 0.6 is 11.8 Å². The summed E-state index contributed by atoms with van der Waals surface area (Å²) in [4.78, 5) is 3.73. The Morgan fingerprint density at radius 2 is 1.92 bits per heavy atom. The van der Waals surface area contributed by atoms with Gasteiger partial charge in [0, 0.05) is 35.0 Å². The Balaban J connectivity index is 1.80. The molecule has 0 amide bonds. The fourth-order valence-corrected chi connectivity index (χ4v) is 4.47. The Labute approximate surface area is 147 Å². The molecule has 120 valence electrons. The molecule has 0 spiro atoms. The quantitative estimate of drug-likeness (QED) is 0.616. The van der Waals surface area contributed by atoms with Crippen LogP contribution in [0, 0.1) is 6.92 Å². The summed E-state index contributed by atoms with van der Waals surface area (Å²) in [5.74, 6) is 0. The zero-order valence-electron chi connectivity index (χ0n) is 14.3. The molecule has 0 N–H and O–H groups in total. The minimum absolute atomic E-state index is 0.979. The molecule has 0 radical (unpaired) electrons. The van der Waals surface area contributed by atoms with Gasteiger partial charge in [0.05, 0.1) is 10.7 Å². The number of aryl methyl sites for hydroxylation is 2. The van der Waals surface area contributed by atoms with Gasteiger partial charge in [0.2, 0.25) is 11.2 Å². The molecule has 0 fully saturated rings. The third kappa shape index (κ3) is 2.49. The topological polar surface area (TPSA) is 7.12 Å². The first-order chi connectivity index (χ1) is 11.7. The van der Waals surface area contributed by atoms with Crippen LogP contribution < -0.4 is 9.47 Å². The van der Waals surface area contributed by atoms with Gasteiger partial charge in [-0.1, -0.05) is 35.5 Å². The molecule has 4 rings (SSSR count). The molecule has 0 saturated heterocycles. The average molecular weight is 333 g/mol. The summed E-state index contributed by atoms with van der Waals surface area (Å²) in [6.07, 6.45) is 2.30. The van der Waals surface area contributed by atoms with Gasteiger partial charge >= 0.3 is 0 Å². The largest absolute Gasteiger partial charge is 0.335 e. The van der Waals surface area contributed by atoms with Crippen molar-refractivity contribution in [1.29, 1.82) is 0 Å². The second-order valence-electron chi connectivity index (χ2n) is 6.18. The standard InChI is InChI=1S/C21H21N2S/c1-4-23-19-7-5-6-8-20(19)24-21(23)14-17-11-10-16-13-15(2)9-12-18(16)22(17)3/h5-14H,4H2,1-3H3/q+1. The first-order valence-corrected chi connectivity index (χ1v) is 9.14. The molecule has 3 heteroatoms. The van der Waals surface area contributed by atoms with Crippen molar-refractivity contribution >= 4 is 34.4 Å². The smallest absolute Gasteiger partial charge is 0.212 e. The summed E-state index contributed by atoms with van der Waals surface area (Å²) in [7, 11) is 2.15. The molecule has 1 aliphatic rings. The highest BCUT2D eigenvalue weighted by atomic mass is 32.2. The summed E-state index contributed by atoms with van der Waals surface area (Å²) < 4.78 is 2.28. The molecule has 3 aromatic rings. The zero-order chi connectivity index (χ0) is 16.7. The maximum absolute atomic E-state index is 2.39. The van der Waals surface area contributed by atoms with E-state index in [9.17, 15) is 0 Å². The summed E-state index contributed by atoms with van der Waals surface area (Å²) in [6, 6.07) is 19.7. The second-order valence-corrected chi connectivity index (χ2v) is 7.24. The molecule has 0 atom stereocenters. The van der Waals surface area contributed by atoms with Gasteiger partial charge in [0.25, 0.3) is 0 Å². The van der Waals surface area contributed by atoms with Gasteiger partial charge < -0.3 is 4.90 Å². The van der Waals surface area contributed by atoms with Crippen LogP contribution in [0.1, 0.15) is 18.2 Å². The number of hydrogen-bond acceptors (Lipinski definition) is 2. The average Bonchev–Trinajstić information content (AvgIpc) is 2.94. The normalized spacial score (nSPS) is 15.3. The summed E-state index contributed by atoms with van der Waals surface area (Å²) in [5, 5.41) is 2.58. The number of para-hydroxylation sites is 1. The van der Waals surface area contributed by atoms with Crippen molar-refractivity contribution in [2.75, 3.05) is 11.4 Å². The van der Waals surface area contributed by atoms with E-state index in [1.165, 1.54) is 37.8 Å². The lowest BCUT2D eigenvalue weighted by Crippen LogP contribution is -2.33. The van der Waals surface area contributed by atoms with E-state index in [-0.39, 0.29) is 0 Å². The number of anilines is 1. The Bertz CT molecular complexity index is 959. The van der Waals surface area contributed by atoms with Gasteiger partial charge in [-0.15, -0.1) is 0 Å². The van der Waals surface area contributed by atoms with Crippen LogP contribution in [-0.4, -0.2) is 6.54 Å². The van der Waals surface area contributed by atoms with Gasteiger partial charge in [0.15, 0.2) is 0 Å². The maximum atomic E-state index is 2.39. The van der Waals surface area contributed by atoms with Crippen LogP contribution in [0.2, 0.25) is 0 Å². The highest BCUT2D eigenvalue weighted by Crippen LogP contribution is 2.46. The number of benzene rings is 2. The number of fused-ring (bicyclic) bond motifs is 2. The maximum Gasteiger partial charge on any atom is 0.212 e. The van der Waals surface area contributed by atoms with Gasteiger partial charge in [-0.3, -0.25) is 0 Å². The van der Waals surface area contributed by atoms with Crippen molar-refractivity contribution in [2.24, 2.45) is 7.05 Å². The van der Waals surface area contributed by atoms with E-state index < -0.39 is 0 Å². The Kier molecular flexibility index (Phi) is 3.81. The van der Waals surface area contributed by atoms with E-state index >= 15 is 0 Å². The second kappa shape index (κ2) is 5.99. The molecule has 0 unspecified atom stereocenters. The first kappa shape index (κ1) is 15.3. The molecular formula is C21H21N2S+. The lowest BCUT2D eigenvalue weighted by atomic mass is 10.1. The Morgan fingerprint density at radius 1 is 1.08 bits per heavy atom. The molecule has 2 aromatic carbocycles. The third-order valence-electron chi connectivity index (χ3n) is 4.59. The van der Waals surface area contributed by atoms with E-state index in [0.717, 1.165) is 6.54 Å². The molecule has 24 heavy (non-hydrogen) atoms. The van der Waals surface area contributed by atoms with E-state index in [2.05, 4.69) is 91.0 Å². The van der Waals surface area contributed by atoms with Crippen LogP contribution in [0.15, 0.2) is 64.5 Å². The van der Waals surface area contributed by atoms with Crippen LogP contribution in [-0.2, 0) is 7.05 Å². The summed E-state index contributed by atoms with van der Waals surface area (Å²) in [5.41, 5.74) is 5.10. The van der Waals surface area contributed by atoms with Gasteiger partial charge in [-0.25, -0.2) is 0 Å². The van der Waals surface area contributed by atoms with Crippen molar-refractivity contribution in [1.82, 2.24) is 0 Å². The molecule has 1 aliphatic heterocycles. The lowest BCUT2D eigenvalue weighted by Gasteiger charge is -2.17. The number of nitrogens with zero attached hydrogens (tertiary/aromatic N) is 2. The molecular weight excluding hydrogens is 312 g/mol. The predicted octanol–water partition coefficient (Wildman–Crippen LogP) is 4.90. The van der Waals surface area contributed by atoms with Crippen LogP contribution in [0.25, 0.3) is 17.0 Å². The monoisotopic (exact) mass is 333 g/mol. The highest BCUT2D eigenvalue weighted by molar-refractivity contribution is 8.03. The van der Waals surface area contributed by atoms with Crippen molar-refractivity contribution in [3.05, 3.63) is 70.9 Å². The number of hydrogen-bond donors (Lipinski definition) is 0. The van der Waals surface area contributed by atoms with Gasteiger partial charge in [0.1, 0.15) is 7.05 Å². The minimum Gasteiger partial charge on any atom is -0.335 e. The van der Waals surface area contributed by atoms with Crippen molar-refractivity contribution in [3.8, 4) is 0 Å². The number of aromatic nitrogens is 1. The van der Waals surface area contributed by atoms with Crippen molar-refractivity contribution in [3.63, 3.8) is 0 Å². The fourth-order valence-electron chi connectivity index (χ4n) is 3.30. The summed E-state index contributed by atoms with van der Waals surface area (Å²) >= 11 is 1.85. The Hall–Kier alpha value is -2.26.